The maximum Gasteiger partial charge on any atom is 0.161 e. The van der Waals surface area contributed by atoms with Crippen molar-refractivity contribution in [3.8, 4) is 23.0 Å². The zero-order chi connectivity index (χ0) is 22.0. The largest absolute Gasteiger partial charge is 1.00 e. The predicted octanol–water partition coefficient (Wildman–Crippen LogP) is 1.61. The van der Waals surface area contributed by atoms with E-state index in [1.165, 1.54) is 22.3 Å². The summed E-state index contributed by atoms with van der Waals surface area (Å²) in [4.78, 5) is 0. The number of hydrogen-bond acceptors (Lipinski definition) is 4. The molecule has 0 saturated heterocycles. The van der Waals surface area contributed by atoms with Crippen molar-refractivity contribution in [2.45, 2.75) is 25.4 Å². The van der Waals surface area contributed by atoms with Crippen LogP contribution in [-0.2, 0) is 19.4 Å². The lowest BCUT2D eigenvalue weighted by Gasteiger charge is -2.46. The standard InChI is InChI=1S/C26H29NO4.HI/c1-27(17-19-6-10-22(29)11-7-19)13-12-20-15-25(30-2)26(31-3)16-23(20)24(27)14-18-4-8-21(28)9-5-18;/h4-11,15-16,24H,12-14,17H2,1-3H3,(H-,28,29);1H. The minimum absolute atomic E-state index is 0. The van der Waals surface area contributed by atoms with E-state index in [9.17, 15) is 10.2 Å². The molecule has 0 amide bonds. The summed E-state index contributed by atoms with van der Waals surface area (Å²) in [5.41, 5.74) is 4.95. The van der Waals surface area contributed by atoms with Crippen molar-refractivity contribution >= 4 is 0 Å². The fraction of sp³-hybridized carbons (Fsp3) is 0.308. The van der Waals surface area contributed by atoms with Crippen LogP contribution >= 0.6 is 0 Å². The highest BCUT2D eigenvalue weighted by atomic mass is 127. The van der Waals surface area contributed by atoms with Crippen molar-refractivity contribution in [3.63, 3.8) is 0 Å². The third-order valence-electron chi connectivity index (χ3n) is 6.49. The molecule has 1 aliphatic heterocycles. The van der Waals surface area contributed by atoms with Crippen LogP contribution in [0, 0.1) is 0 Å². The lowest BCUT2D eigenvalue weighted by Crippen LogP contribution is -3.00. The van der Waals surface area contributed by atoms with Crippen LogP contribution in [-0.4, -0.2) is 42.5 Å². The van der Waals surface area contributed by atoms with Gasteiger partial charge in [-0.1, -0.05) is 12.1 Å². The van der Waals surface area contributed by atoms with E-state index in [0.29, 0.717) is 0 Å². The normalized spacial score (nSPS) is 19.5. The number of phenolic OH excluding ortho intramolecular Hbond substituents is 2. The Kier molecular flexibility index (Phi) is 7.56. The molecule has 3 aromatic carbocycles. The van der Waals surface area contributed by atoms with Crippen molar-refractivity contribution in [3.05, 3.63) is 82.9 Å². The molecule has 32 heavy (non-hydrogen) atoms. The zero-order valence-corrected chi connectivity index (χ0v) is 20.9. The Balaban J connectivity index is 0.00000289. The van der Waals surface area contributed by atoms with Crippen molar-refractivity contribution in [1.29, 1.82) is 0 Å². The van der Waals surface area contributed by atoms with Gasteiger partial charge in [0.05, 0.1) is 27.8 Å². The number of benzene rings is 3. The van der Waals surface area contributed by atoms with Crippen LogP contribution in [0.25, 0.3) is 0 Å². The van der Waals surface area contributed by atoms with E-state index < -0.39 is 0 Å². The maximum atomic E-state index is 9.71. The summed E-state index contributed by atoms with van der Waals surface area (Å²) in [7, 11) is 5.65. The van der Waals surface area contributed by atoms with Gasteiger partial charge < -0.3 is 48.1 Å². The molecule has 1 heterocycles. The molecule has 5 nitrogen and oxygen atoms in total. The number of quaternary nitrogens is 1. The highest BCUT2D eigenvalue weighted by Crippen LogP contribution is 2.43. The van der Waals surface area contributed by atoms with E-state index in [4.69, 9.17) is 9.47 Å². The molecule has 170 valence electrons. The van der Waals surface area contributed by atoms with Crippen LogP contribution in [0.5, 0.6) is 23.0 Å². The van der Waals surface area contributed by atoms with Gasteiger partial charge in [-0.2, -0.15) is 0 Å². The van der Waals surface area contributed by atoms with Crippen molar-refractivity contribution < 1.29 is 48.1 Å². The quantitative estimate of drug-likeness (QED) is 0.364. The SMILES string of the molecule is COc1cc2c(cc1OC)C(Cc1ccc(O)cc1)[N+](C)(Cc1ccc(O)cc1)CC2.[I-]. The number of aromatic hydroxyl groups is 2. The van der Waals surface area contributed by atoms with Gasteiger partial charge in [0, 0.05) is 24.0 Å². The minimum atomic E-state index is 0. The van der Waals surface area contributed by atoms with E-state index in [2.05, 4.69) is 19.2 Å². The fourth-order valence-electron chi connectivity index (χ4n) is 4.72. The molecule has 2 unspecified atom stereocenters. The lowest BCUT2D eigenvalue weighted by molar-refractivity contribution is -0.954. The summed E-state index contributed by atoms with van der Waals surface area (Å²) in [6, 6.07) is 19.4. The number of phenols is 2. The molecule has 0 aromatic heterocycles. The van der Waals surface area contributed by atoms with E-state index in [0.717, 1.165) is 41.9 Å². The Morgan fingerprint density at radius 1 is 0.844 bits per heavy atom. The minimum Gasteiger partial charge on any atom is -1.00 e. The number of ether oxygens (including phenoxy) is 2. The second-order valence-electron chi connectivity index (χ2n) is 8.57. The van der Waals surface area contributed by atoms with Crippen LogP contribution in [0.15, 0.2) is 60.7 Å². The molecule has 0 saturated carbocycles. The molecule has 0 fully saturated rings. The molecule has 4 rings (SSSR count). The summed E-state index contributed by atoms with van der Waals surface area (Å²) in [6.45, 7) is 1.85. The van der Waals surface area contributed by atoms with Gasteiger partial charge in [0.2, 0.25) is 0 Å². The molecule has 2 atom stereocenters. The first-order valence-corrected chi connectivity index (χ1v) is 10.6. The number of fused-ring (bicyclic) bond motifs is 1. The van der Waals surface area contributed by atoms with Crippen LogP contribution in [0.1, 0.15) is 28.3 Å². The molecule has 1 aliphatic rings. The Bertz CT molecular complexity index is 1050. The van der Waals surface area contributed by atoms with Gasteiger partial charge in [-0.05, 0) is 59.7 Å². The van der Waals surface area contributed by atoms with Gasteiger partial charge in [-0.3, -0.25) is 0 Å². The highest BCUT2D eigenvalue weighted by molar-refractivity contribution is 5.49. The second kappa shape index (κ2) is 10.0. The molecular weight excluding hydrogens is 517 g/mol. The van der Waals surface area contributed by atoms with E-state index in [1.807, 2.05) is 24.3 Å². The maximum absolute atomic E-state index is 9.71. The number of rotatable bonds is 6. The summed E-state index contributed by atoms with van der Waals surface area (Å²) in [6.07, 6.45) is 1.80. The van der Waals surface area contributed by atoms with Gasteiger partial charge in [0.15, 0.2) is 11.5 Å². The summed E-state index contributed by atoms with van der Waals surface area (Å²) in [5, 5.41) is 19.4. The molecular formula is C26H30INO4. The monoisotopic (exact) mass is 547 g/mol. The van der Waals surface area contributed by atoms with Gasteiger partial charge >= 0.3 is 0 Å². The average Bonchev–Trinajstić information content (AvgIpc) is 2.78. The Morgan fingerprint density at radius 3 is 1.94 bits per heavy atom. The molecule has 0 aliphatic carbocycles. The first-order chi connectivity index (χ1) is 14.9. The van der Waals surface area contributed by atoms with Crippen LogP contribution in [0.3, 0.4) is 0 Å². The molecule has 0 bridgehead atoms. The fourth-order valence-corrected chi connectivity index (χ4v) is 4.72. The summed E-state index contributed by atoms with van der Waals surface area (Å²) < 4.78 is 12.0. The predicted molar refractivity (Wildman–Crippen MR) is 121 cm³/mol. The topological polar surface area (TPSA) is 58.9 Å². The Labute approximate surface area is 206 Å². The Hall–Kier alpha value is -2.45. The third-order valence-corrected chi connectivity index (χ3v) is 6.49. The van der Waals surface area contributed by atoms with E-state index in [-0.39, 0.29) is 41.5 Å². The van der Waals surface area contributed by atoms with Crippen molar-refractivity contribution in [2.24, 2.45) is 0 Å². The van der Waals surface area contributed by atoms with Crippen LogP contribution < -0.4 is 33.5 Å². The molecule has 3 aromatic rings. The number of likely N-dealkylation sites (N-methyl/N-ethyl adjacent to an activating group) is 1. The molecule has 0 spiro atoms. The molecule has 6 heteroatoms. The van der Waals surface area contributed by atoms with E-state index >= 15 is 0 Å². The number of methoxy groups -OCH3 is 2. The first kappa shape index (κ1) is 24.2. The van der Waals surface area contributed by atoms with Gasteiger partial charge in [0.1, 0.15) is 24.1 Å². The number of halogens is 1. The first-order valence-electron chi connectivity index (χ1n) is 10.6. The lowest BCUT2D eigenvalue weighted by atomic mass is 9.86. The van der Waals surface area contributed by atoms with Crippen LogP contribution in [0.4, 0.5) is 0 Å². The second-order valence-corrected chi connectivity index (χ2v) is 8.57. The number of nitrogens with zero attached hydrogens (tertiary/aromatic N) is 1. The van der Waals surface area contributed by atoms with Gasteiger partial charge in [-0.25, -0.2) is 0 Å². The van der Waals surface area contributed by atoms with Crippen LogP contribution in [0.2, 0.25) is 0 Å². The average molecular weight is 547 g/mol. The molecule has 2 N–H and O–H groups in total. The van der Waals surface area contributed by atoms with E-state index in [1.54, 1.807) is 38.5 Å². The highest BCUT2D eigenvalue weighted by Gasteiger charge is 2.40. The third kappa shape index (κ3) is 4.96. The summed E-state index contributed by atoms with van der Waals surface area (Å²) in [5.74, 6) is 2.07. The van der Waals surface area contributed by atoms with Crippen molar-refractivity contribution in [1.82, 2.24) is 0 Å². The number of hydrogen-bond donors (Lipinski definition) is 2. The summed E-state index contributed by atoms with van der Waals surface area (Å²) >= 11 is 0. The Morgan fingerprint density at radius 2 is 1.38 bits per heavy atom. The molecule has 0 radical (unpaired) electrons. The van der Waals surface area contributed by atoms with Crippen molar-refractivity contribution in [2.75, 3.05) is 27.8 Å². The van der Waals surface area contributed by atoms with Gasteiger partial charge in [0.25, 0.3) is 0 Å². The van der Waals surface area contributed by atoms with Gasteiger partial charge in [-0.15, -0.1) is 0 Å². The zero-order valence-electron chi connectivity index (χ0n) is 18.7. The smallest absolute Gasteiger partial charge is 0.161 e.